The SMILES string of the molecule is Cn1nc(C(=O)NCc2ccc(Cl)cc2)cc1NC(=O)C1CC1. The molecule has 2 N–H and O–H groups in total. The van der Waals surface area contributed by atoms with Gasteiger partial charge in [-0.1, -0.05) is 23.7 Å². The van der Waals surface area contributed by atoms with Gasteiger partial charge in [-0.3, -0.25) is 14.3 Å². The summed E-state index contributed by atoms with van der Waals surface area (Å²) in [5, 5.41) is 10.4. The Balaban J connectivity index is 1.60. The van der Waals surface area contributed by atoms with E-state index in [2.05, 4.69) is 15.7 Å². The number of benzene rings is 1. The molecule has 1 aliphatic carbocycles. The molecule has 23 heavy (non-hydrogen) atoms. The number of carbonyl (C=O) groups excluding carboxylic acids is 2. The highest BCUT2D eigenvalue weighted by atomic mass is 35.5. The fourth-order valence-electron chi connectivity index (χ4n) is 2.14. The minimum absolute atomic E-state index is 0.0128. The molecule has 0 spiro atoms. The Morgan fingerprint density at radius 1 is 1.30 bits per heavy atom. The topological polar surface area (TPSA) is 76.0 Å². The second-order valence-electron chi connectivity index (χ2n) is 5.61. The van der Waals surface area contributed by atoms with Crippen molar-refractivity contribution in [2.24, 2.45) is 13.0 Å². The molecule has 1 heterocycles. The first-order chi connectivity index (χ1) is 11.0. The van der Waals surface area contributed by atoms with Crippen molar-refractivity contribution in [2.45, 2.75) is 19.4 Å². The van der Waals surface area contributed by atoms with Gasteiger partial charge in [-0.05, 0) is 30.5 Å². The summed E-state index contributed by atoms with van der Waals surface area (Å²) in [6.45, 7) is 0.385. The van der Waals surface area contributed by atoms with Gasteiger partial charge in [-0.25, -0.2) is 0 Å². The lowest BCUT2D eigenvalue weighted by molar-refractivity contribution is -0.117. The van der Waals surface area contributed by atoms with Crippen LogP contribution in [0.5, 0.6) is 0 Å². The summed E-state index contributed by atoms with van der Waals surface area (Å²) in [4.78, 5) is 23.9. The maximum atomic E-state index is 12.2. The smallest absolute Gasteiger partial charge is 0.272 e. The zero-order valence-electron chi connectivity index (χ0n) is 12.7. The molecule has 6 nitrogen and oxygen atoms in total. The number of nitrogens with zero attached hydrogens (tertiary/aromatic N) is 2. The average molecular weight is 333 g/mol. The van der Waals surface area contributed by atoms with E-state index >= 15 is 0 Å². The quantitative estimate of drug-likeness (QED) is 0.882. The molecule has 1 aromatic heterocycles. The Bertz CT molecular complexity index is 735. The van der Waals surface area contributed by atoms with E-state index in [0.29, 0.717) is 17.4 Å². The summed E-state index contributed by atoms with van der Waals surface area (Å²) in [6.07, 6.45) is 1.86. The molecule has 0 unspecified atom stereocenters. The van der Waals surface area contributed by atoms with Crippen LogP contribution in [0.4, 0.5) is 5.82 Å². The molecule has 0 radical (unpaired) electrons. The average Bonchev–Trinajstić information content (AvgIpc) is 3.32. The number of hydrogen-bond donors (Lipinski definition) is 2. The highest BCUT2D eigenvalue weighted by Gasteiger charge is 2.30. The summed E-state index contributed by atoms with van der Waals surface area (Å²) in [7, 11) is 1.69. The first kappa shape index (κ1) is 15.6. The number of carbonyl (C=O) groups is 2. The third kappa shape index (κ3) is 3.90. The van der Waals surface area contributed by atoms with Gasteiger partial charge in [0.25, 0.3) is 5.91 Å². The Morgan fingerprint density at radius 3 is 2.65 bits per heavy atom. The summed E-state index contributed by atoms with van der Waals surface area (Å²) in [5.74, 6) is 0.328. The number of halogens is 1. The van der Waals surface area contributed by atoms with Gasteiger partial charge >= 0.3 is 0 Å². The molecule has 2 aromatic rings. The Kier molecular flexibility index (Phi) is 4.34. The Hall–Kier alpha value is -2.34. The number of amides is 2. The molecule has 0 aliphatic heterocycles. The Labute approximate surface area is 138 Å². The van der Waals surface area contributed by atoms with Crippen molar-refractivity contribution in [2.75, 3.05) is 5.32 Å². The number of aryl methyl sites for hydroxylation is 1. The van der Waals surface area contributed by atoms with Crippen molar-refractivity contribution in [3.8, 4) is 0 Å². The van der Waals surface area contributed by atoms with Gasteiger partial charge in [-0.15, -0.1) is 0 Å². The largest absolute Gasteiger partial charge is 0.347 e. The van der Waals surface area contributed by atoms with Gasteiger partial charge in [0.15, 0.2) is 5.69 Å². The predicted molar refractivity (Wildman–Crippen MR) is 87.2 cm³/mol. The molecule has 3 rings (SSSR count). The number of rotatable bonds is 5. The van der Waals surface area contributed by atoms with E-state index < -0.39 is 0 Å². The van der Waals surface area contributed by atoms with Crippen LogP contribution < -0.4 is 10.6 Å². The third-order valence-electron chi connectivity index (χ3n) is 3.68. The fraction of sp³-hybridized carbons (Fsp3) is 0.312. The molecule has 1 aliphatic rings. The predicted octanol–water partition coefficient (Wildman–Crippen LogP) is 2.35. The van der Waals surface area contributed by atoms with Crippen LogP contribution in [0.25, 0.3) is 0 Å². The highest BCUT2D eigenvalue weighted by molar-refractivity contribution is 6.30. The lowest BCUT2D eigenvalue weighted by atomic mass is 10.2. The Morgan fingerprint density at radius 2 is 2.00 bits per heavy atom. The fourth-order valence-corrected chi connectivity index (χ4v) is 2.27. The van der Waals surface area contributed by atoms with Crippen molar-refractivity contribution < 1.29 is 9.59 Å². The van der Waals surface area contributed by atoms with Crippen LogP contribution >= 0.6 is 11.6 Å². The monoisotopic (exact) mass is 332 g/mol. The maximum Gasteiger partial charge on any atom is 0.272 e. The highest BCUT2D eigenvalue weighted by Crippen LogP contribution is 2.30. The maximum absolute atomic E-state index is 12.2. The van der Waals surface area contributed by atoms with Crippen LogP contribution in [0.2, 0.25) is 5.02 Å². The summed E-state index contributed by atoms with van der Waals surface area (Å²) >= 11 is 5.82. The lowest BCUT2D eigenvalue weighted by Crippen LogP contribution is -2.23. The second kappa shape index (κ2) is 6.42. The molecule has 0 saturated heterocycles. The molecule has 7 heteroatoms. The van der Waals surface area contributed by atoms with Gasteiger partial charge in [-0.2, -0.15) is 5.10 Å². The van der Waals surface area contributed by atoms with E-state index in [1.165, 1.54) is 4.68 Å². The van der Waals surface area contributed by atoms with E-state index in [1.807, 2.05) is 12.1 Å². The molecule has 120 valence electrons. The van der Waals surface area contributed by atoms with Crippen LogP contribution in [-0.4, -0.2) is 21.6 Å². The van der Waals surface area contributed by atoms with Crippen LogP contribution in [-0.2, 0) is 18.4 Å². The van der Waals surface area contributed by atoms with Crippen molar-refractivity contribution >= 4 is 29.2 Å². The number of anilines is 1. The van der Waals surface area contributed by atoms with Crippen LogP contribution in [0.1, 0.15) is 28.9 Å². The van der Waals surface area contributed by atoms with Crippen molar-refractivity contribution in [1.29, 1.82) is 0 Å². The van der Waals surface area contributed by atoms with Gasteiger partial charge < -0.3 is 10.6 Å². The zero-order chi connectivity index (χ0) is 16.4. The van der Waals surface area contributed by atoms with E-state index in [-0.39, 0.29) is 23.4 Å². The molecule has 1 aromatic carbocycles. The van der Waals surface area contributed by atoms with E-state index in [0.717, 1.165) is 18.4 Å². The van der Waals surface area contributed by atoms with E-state index in [1.54, 1.807) is 25.2 Å². The summed E-state index contributed by atoms with van der Waals surface area (Å²) in [6, 6.07) is 8.83. The summed E-state index contributed by atoms with van der Waals surface area (Å²) in [5.41, 5.74) is 1.22. The van der Waals surface area contributed by atoms with Crippen molar-refractivity contribution in [3.05, 3.63) is 46.6 Å². The second-order valence-corrected chi connectivity index (χ2v) is 6.05. The number of aromatic nitrogens is 2. The van der Waals surface area contributed by atoms with E-state index in [9.17, 15) is 9.59 Å². The third-order valence-corrected chi connectivity index (χ3v) is 3.93. The van der Waals surface area contributed by atoms with Gasteiger partial charge in [0, 0.05) is 30.6 Å². The molecular formula is C16H17ClN4O2. The van der Waals surface area contributed by atoms with E-state index in [4.69, 9.17) is 11.6 Å². The van der Waals surface area contributed by atoms with Gasteiger partial charge in [0.2, 0.25) is 5.91 Å². The zero-order valence-corrected chi connectivity index (χ0v) is 13.4. The molecule has 2 amide bonds. The molecule has 1 fully saturated rings. The van der Waals surface area contributed by atoms with Crippen LogP contribution in [0, 0.1) is 5.92 Å². The lowest BCUT2D eigenvalue weighted by Gasteiger charge is -2.03. The first-order valence-electron chi connectivity index (χ1n) is 7.40. The minimum Gasteiger partial charge on any atom is -0.347 e. The van der Waals surface area contributed by atoms with Gasteiger partial charge in [0.05, 0.1) is 0 Å². The summed E-state index contributed by atoms with van der Waals surface area (Å²) < 4.78 is 1.50. The molecule has 1 saturated carbocycles. The molecule has 0 atom stereocenters. The normalized spacial score (nSPS) is 13.7. The molecular weight excluding hydrogens is 316 g/mol. The number of nitrogens with one attached hydrogen (secondary N) is 2. The minimum atomic E-state index is -0.289. The standard InChI is InChI=1S/C16H17ClN4O2/c1-21-14(19-15(22)11-4-5-11)8-13(20-21)16(23)18-9-10-2-6-12(17)7-3-10/h2-3,6-8,11H,4-5,9H2,1H3,(H,18,23)(H,19,22). The number of hydrogen-bond acceptors (Lipinski definition) is 3. The van der Waals surface area contributed by atoms with Crippen LogP contribution in [0.15, 0.2) is 30.3 Å². The van der Waals surface area contributed by atoms with Crippen molar-refractivity contribution in [1.82, 2.24) is 15.1 Å². The van der Waals surface area contributed by atoms with Gasteiger partial charge in [0.1, 0.15) is 5.82 Å². The first-order valence-corrected chi connectivity index (χ1v) is 7.78. The molecule has 0 bridgehead atoms. The van der Waals surface area contributed by atoms with Crippen molar-refractivity contribution in [3.63, 3.8) is 0 Å². The van der Waals surface area contributed by atoms with Crippen LogP contribution in [0.3, 0.4) is 0 Å².